The summed E-state index contributed by atoms with van der Waals surface area (Å²) in [7, 11) is 0. The van der Waals surface area contributed by atoms with Crippen molar-refractivity contribution in [3.63, 3.8) is 0 Å². The summed E-state index contributed by atoms with van der Waals surface area (Å²) in [6, 6.07) is 0. The van der Waals surface area contributed by atoms with Gasteiger partial charge >= 0.3 is 0 Å². The SMILES string of the molecule is C#CCNCC1CCOCO1. The second-order valence-electron chi connectivity index (χ2n) is 2.44. The largest absolute Gasteiger partial charge is 0.355 e. The second-order valence-corrected chi connectivity index (χ2v) is 2.44. The minimum Gasteiger partial charge on any atom is -0.355 e. The van der Waals surface area contributed by atoms with E-state index in [1.807, 2.05) is 0 Å². The van der Waals surface area contributed by atoms with E-state index in [0.29, 0.717) is 13.3 Å². The zero-order chi connectivity index (χ0) is 7.94. The Labute approximate surface area is 67.1 Å². The molecule has 1 unspecified atom stereocenters. The Morgan fingerprint density at radius 3 is 3.18 bits per heavy atom. The lowest BCUT2D eigenvalue weighted by atomic mass is 10.2. The summed E-state index contributed by atoms with van der Waals surface area (Å²) in [5.74, 6) is 2.51. The van der Waals surface area contributed by atoms with Gasteiger partial charge in [-0.1, -0.05) is 5.92 Å². The van der Waals surface area contributed by atoms with Gasteiger partial charge in [0.1, 0.15) is 6.79 Å². The van der Waals surface area contributed by atoms with E-state index >= 15 is 0 Å². The summed E-state index contributed by atoms with van der Waals surface area (Å²) in [6.45, 7) is 2.65. The number of hydrogen-bond acceptors (Lipinski definition) is 3. The van der Waals surface area contributed by atoms with E-state index in [1.54, 1.807) is 0 Å². The maximum atomic E-state index is 5.27. The van der Waals surface area contributed by atoms with Gasteiger partial charge < -0.3 is 14.8 Å². The molecule has 1 saturated heterocycles. The predicted molar refractivity (Wildman–Crippen MR) is 42.0 cm³/mol. The molecule has 62 valence electrons. The van der Waals surface area contributed by atoms with E-state index in [0.717, 1.165) is 19.6 Å². The average Bonchev–Trinajstić information content (AvgIpc) is 2.07. The Balaban J connectivity index is 2.01. The zero-order valence-electron chi connectivity index (χ0n) is 6.51. The van der Waals surface area contributed by atoms with Crippen LogP contribution >= 0.6 is 0 Å². The summed E-state index contributed by atoms with van der Waals surface area (Å²) in [4.78, 5) is 0. The van der Waals surface area contributed by atoms with Gasteiger partial charge in [-0.25, -0.2) is 0 Å². The summed E-state index contributed by atoms with van der Waals surface area (Å²) in [5, 5.41) is 3.09. The van der Waals surface area contributed by atoms with Gasteiger partial charge in [0.15, 0.2) is 0 Å². The lowest BCUT2D eigenvalue weighted by Crippen LogP contribution is -2.34. The Hall–Kier alpha value is -0.560. The monoisotopic (exact) mass is 155 g/mol. The van der Waals surface area contributed by atoms with E-state index in [4.69, 9.17) is 15.9 Å². The van der Waals surface area contributed by atoms with Gasteiger partial charge in [-0.3, -0.25) is 0 Å². The van der Waals surface area contributed by atoms with Crippen LogP contribution in [0.15, 0.2) is 0 Å². The van der Waals surface area contributed by atoms with Crippen LogP contribution in [0.3, 0.4) is 0 Å². The van der Waals surface area contributed by atoms with Gasteiger partial charge in [0.25, 0.3) is 0 Å². The molecule has 0 aromatic carbocycles. The van der Waals surface area contributed by atoms with Crippen LogP contribution in [0.1, 0.15) is 6.42 Å². The molecule has 1 rings (SSSR count). The fourth-order valence-electron chi connectivity index (χ4n) is 0.968. The maximum Gasteiger partial charge on any atom is 0.147 e. The van der Waals surface area contributed by atoms with Crippen LogP contribution in [0.5, 0.6) is 0 Å². The smallest absolute Gasteiger partial charge is 0.147 e. The highest BCUT2D eigenvalue weighted by atomic mass is 16.7. The molecule has 1 aliphatic rings. The molecular formula is C8H13NO2. The van der Waals surface area contributed by atoms with Crippen molar-refractivity contribution in [1.29, 1.82) is 0 Å². The van der Waals surface area contributed by atoms with E-state index < -0.39 is 0 Å². The molecule has 3 nitrogen and oxygen atoms in total. The summed E-state index contributed by atoms with van der Waals surface area (Å²) < 4.78 is 10.3. The molecule has 1 heterocycles. The first-order valence-corrected chi connectivity index (χ1v) is 3.77. The van der Waals surface area contributed by atoms with Crippen molar-refractivity contribution in [2.24, 2.45) is 0 Å². The van der Waals surface area contributed by atoms with E-state index in [2.05, 4.69) is 11.2 Å². The van der Waals surface area contributed by atoms with Crippen molar-refractivity contribution < 1.29 is 9.47 Å². The van der Waals surface area contributed by atoms with Gasteiger partial charge in [0, 0.05) is 6.54 Å². The summed E-state index contributed by atoms with van der Waals surface area (Å²) in [5.41, 5.74) is 0. The molecule has 11 heavy (non-hydrogen) atoms. The molecule has 0 saturated carbocycles. The Morgan fingerprint density at radius 2 is 2.55 bits per heavy atom. The number of terminal acetylenes is 1. The van der Waals surface area contributed by atoms with Crippen molar-refractivity contribution in [2.75, 3.05) is 26.5 Å². The average molecular weight is 155 g/mol. The first-order chi connectivity index (χ1) is 5.43. The molecule has 0 aliphatic carbocycles. The van der Waals surface area contributed by atoms with Crippen LogP contribution in [0.25, 0.3) is 0 Å². The van der Waals surface area contributed by atoms with Crippen LogP contribution in [0.4, 0.5) is 0 Å². The minimum atomic E-state index is 0.275. The second kappa shape index (κ2) is 5.14. The quantitative estimate of drug-likeness (QED) is 0.458. The van der Waals surface area contributed by atoms with E-state index in [-0.39, 0.29) is 6.10 Å². The van der Waals surface area contributed by atoms with Crippen molar-refractivity contribution in [3.05, 3.63) is 0 Å². The molecule has 0 aromatic rings. The third-order valence-corrected chi connectivity index (χ3v) is 1.57. The van der Waals surface area contributed by atoms with Gasteiger partial charge in [0.05, 0.1) is 19.3 Å². The Morgan fingerprint density at radius 1 is 1.64 bits per heavy atom. The fraction of sp³-hybridized carbons (Fsp3) is 0.750. The molecule has 1 aliphatic heterocycles. The maximum absolute atomic E-state index is 5.27. The van der Waals surface area contributed by atoms with Crippen LogP contribution in [0, 0.1) is 12.3 Å². The highest BCUT2D eigenvalue weighted by Gasteiger charge is 2.12. The third kappa shape index (κ3) is 3.38. The molecule has 1 N–H and O–H groups in total. The topological polar surface area (TPSA) is 30.5 Å². The highest BCUT2D eigenvalue weighted by Crippen LogP contribution is 2.03. The van der Waals surface area contributed by atoms with Gasteiger partial charge in [-0.05, 0) is 6.42 Å². The van der Waals surface area contributed by atoms with Gasteiger partial charge in [-0.15, -0.1) is 6.42 Å². The van der Waals surface area contributed by atoms with Gasteiger partial charge in [-0.2, -0.15) is 0 Å². The lowest BCUT2D eigenvalue weighted by Gasteiger charge is -2.22. The van der Waals surface area contributed by atoms with Crippen molar-refractivity contribution >= 4 is 0 Å². The predicted octanol–water partition coefficient (Wildman–Crippen LogP) is -0.0278. The molecule has 0 spiro atoms. The molecule has 0 radical (unpaired) electrons. The first kappa shape index (κ1) is 8.54. The molecule has 0 aromatic heterocycles. The van der Waals surface area contributed by atoms with E-state index in [9.17, 15) is 0 Å². The summed E-state index contributed by atoms with van der Waals surface area (Å²) in [6.07, 6.45) is 6.30. The third-order valence-electron chi connectivity index (χ3n) is 1.57. The van der Waals surface area contributed by atoms with Crippen molar-refractivity contribution in [3.8, 4) is 12.3 Å². The Bertz CT molecular complexity index is 136. The van der Waals surface area contributed by atoms with E-state index in [1.165, 1.54) is 0 Å². The molecular weight excluding hydrogens is 142 g/mol. The number of hydrogen-bond donors (Lipinski definition) is 1. The normalized spacial score (nSPS) is 24.5. The van der Waals surface area contributed by atoms with Crippen LogP contribution in [0.2, 0.25) is 0 Å². The Kier molecular flexibility index (Phi) is 3.99. The first-order valence-electron chi connectivity index (χ1n) is 3.77. The number of rotatable bonds is 3. The molecule has 1 atom stereocenters. The molecule has 1 fully saturated rings. The summed E-state index contributed by atoms with van der Waals surface area (Å²) >= 11 is 0. The van der Waals surface area contributed by atoms with Crippen molar-refractivity contribution in [1.82, 2.24) is 5.32 Å². The molecule has 0 bridgehead atoms. The molecule has 3 heteroatoms. The van der Waals surface area contributed by atoms with Crippen LogP contribution < -0.4 is 5.32 Å². The highest BCUT2D eigenvalue weighted by molar-refractivity contribution is 4.86. The fourth-order valence-corrected chi connectivity index (χ4v) is 0.968. The molecule has 0 amide bonds. The van der Waals surface area contributed by atoms with Gasteiger partial charge in [0.2, 0.25) is 0 Å². The standard InChI is InChI=1S/C8H13NO2/c1-2-4-9-6-8-3-5-10-7-11-8/h1,8-9H,3-7H2. The zero-order valence-corrected chi connectivity index (χ0v) is 6.51. The number of nitrogens with one attached hydrogen (secondary N) is 1. The van der Waals surface area contributed by atoms with Crippen LogP contribution in [-0.2, 0) is 9.47 Å². The lowest BCUT2D eigenvalue weighted by molar-refractivity contribution is -0.136. The van der Waals surface area contributed by atoms with Crippen LogP contribution in [-0.4, -0.2) is 32.6 Å². The van der Waals surface area contributed by atoms with Crippen molar-refractivity contribution in [2.45, 2.75) is 12.5 Å². The minimum absolute atomic E-state index is 0.275. The number of ether oxygens (including phenoxy) is 2.